The van der Waals surface area contributed by atoms with Gasteiger partial charge in [-0.2, -0.15) is 0 Å². The van der Waals surface area contributed by atoms with Gasteiger partial charge in [0.2, 0.25) is 17.7 Å². The van der Waals surface area contributed by atoms with E-state index < -0.39 is 41.8 Å². The zero-order valence-electron chi connectivity index (χ0n) is 28.3. The lowest BCUT2D eigenvalue weighted by atomic mass is 10.0. The molecular formula is C36H42Cl2N8O5S. The Balaban J connectivity index is 1.47. The monoisotopic (exact) mass is 768 g/mol. The van der Waals surface area contributed by atoms with Crippen LogP contribution in [-0.2, 0) is 21.0 Å². The number of aliphatic imine (C=N–C) groups is 1. The van der Waals surface area contributed by atoms with E-state index in [0.717, 1.165) is 10.1 Å². The molecule has 0 radical (unpaired) electrons. The topological polar surface area (TPSA) is 230 Å². The molecule has 0 fully saturated rings. The van der Waals surface area contributed by atoms with E-state index in [1.807, 2.05) is 24.3 Å². The van der Waals surface area contributed by atoms with E-state index in [0.29, 0.717) is 57.6 Å². The van der Waals surface area contributed by atoms with E-state index in [4.69, 9.17) is 50.9 Å². The highest BCUT2D eigenvalue weighted by atomic mass is 35.5. The normalized spacial score (nSPS) is 12.7. The number of benzene rings is 3. The van der Waals surface area contributed by atoms with E-state index >= 15 is 0 Å². The number of fused-ring (bicyclic) bond motifs is 1. The van der Waals surface area contributed by atoms with Crippen molar-refractivity contribution >= 4 is 74.2 Å². The molecule has 0 bridgehead atoms. The summed E-state index contributed by atoms with van der Waals surface area (Å²) in [6.45, 7) is 0.711. The van der Waals surface area contributed by atoms with E-state index in [9.17, 15) is 19.2 Å². The van der Waals surface area contributed by atoms with Crippen LogP contribution in [-0.4, -0.2) is 54.8 Å². The molecular weight excluding hydrogens is 727 g/mol. The molecule has 1 heterocycles. The molecule has 4 amide bonds. The zero-order chi connectivity index (χ0) is 37.6. The molecule has 16 heteroatoms. The standard InChI is InChI=1S/C36H42Cl2N8O5S/c37-25-8-5-9-26(38)24(25)20-51-23-15-13-21(14-16-23)31(32(40)47)46-34(49)27(10-3-4-17-39)44-33(48)28(11-6-18-43-36(41)42)45-35(50)30-19-22-7-1-2-12-29(22)52-30/h1-2,5,7-9,12-16,19,27-28,31H,3-4,6,10-11,17-18,20,39H2,(H2,40,47)(H,44,48)(H,45,50)(H,46,49)(H4,41,42,43)/t27-,28-,31+/m0/s1. The smallest absolute Gasteiger partial charge is 0.262 e. The van der Waals surface area contributed by atoms with Crippen molar-refractivity contribution in [1.29, 1.82) is 0 Å². The number of ether oxygens (including phenoxy) is 1. The van der Waals surface area contributed by atoms with Gasteiger partial charge in [-0.25, -0.2) is 0 Å². The third kappa shape index (κ3) is 11.6. The maximum Gasteiger partial charge on any atom is 0.262 e. The molecule has 4 aromatic rings. The fourth-order valence-electron chi connectivity index (χ4n) is 5.27. The van der Waals surface area contributed by atoms with Crippen molar-refractivity contribution in [1.82, 2.24) is 16.0 Å². The third-order valence-corrected chi connectivity index (χ3v) is 9.85. The lowest BCUT2D eigenvalue weighted by Gasteiger charge is -2.25. The highest BCUT2D eigenvalue weighted by molar-refractivity contribution is 7.20. The molecule has 0 spiro atoms. The lowest BCUT2D eigenvalue weighted by Crippen LogP contribution is -2.54. The number of rotatable bonds is 19. The molecule has 0 aliphatic rings. The quantitative estimate of drug-likeness (QED) is 0.0419. The number of thiophene rings is 1. The maximum absolute atomic E-state index is 13.8. The minimum absolute atomic E-state index is 0.0971. The van der Waals surface area contributed by atoms with Gasteiger partial charge < -0.3 is 43.6 Å². The molecule has 1 aromatic heterocycles. The third-order valence-electron chi connectivity index (χ3n) is 8.03. The Morgan fingerprint density at radius 3 is 2.10 bits per heavy atom. The molecule has 0 aliphatic carbocycles. The van der Waals surface area contributed by atoms with Gasteiger partial charge in [-0.05, 0) is 86.0 Å². The van der Waals surface area contributed by atoms with Crippen LogP contribution < -0.4 is 43.6 Å². The fourth-order valence-corrected chi connectivity index (χ4v) is 6.75. The number of halogens is 2. The Bertz CT molecular complexity index is 1830. The summed E-state index contributed by atoms with van der Waals surface area (Å²) in [4.78, 5) is 57.8. The van der Waals surface area contributed by atoms with Crippen molar-refractivity contribution in [2.75, 3.05) is 13.1 Å². The van der Waals surface area contributed by atoms with Crippen LogP contribution in [0.1, 0.15) is 58.9 Å². The number of unbranched alkanes of at least 4 members (excludes halogenated alkanes) is 1. The van der Waals surface area contributed by atoms with E-state index in [2.05, 4.69) is 20.9 Å². The number of nitrogens with two attached hydrogens (primary N) is 4. The van der Waals surface area contributed by atoms with Gasteiger partial charge in [-0.3, -0.25) is 24.2 Å². The molecule has 11 N–H and O–H groups in total. The van der Waals surface area contributed by atoms with Crippen LogP contribution in [0.2, 0.25) is 10.0 Å². The number of carbonyl (C=O) groups is 4. The molecule has 0 aliphatic heterocycles. The number of primary amides is 1. The van der Waals surface area contributed by atoms with Crippen molar-refractivity contribution in [2.24, 2.45) is 27.9 Å². The Kier molecular flexibility index (Phi) is 15.1. The highest BCUT2D eigenvalue weighted by Gasteiger charge is 2.30. The number of guanidine groups is 1. The van der Waals surface area contributed by atoms with Crippen molar-refractivity contribution in [2.45, 2.75) is 56.8 Å². The number of hydrogen-bond acceptors (Lipinski definition) is 8. The maximum atomic E-state index is 13.8. The van der Waals surface area contributed by atoms with E-state index in [-0.39, 0.29) is 32.0 Å². The summed E-state index contributed by atoms with van der Waals surface area (Å²) < 4.78 is 6.75. The first-order chi connectivity index (χ1) is 25.0. The van der Waals surface area contributed by atoms with Crippen LogP contribution in [0.4, 0.5) is 0 Å². The van der Waals surface area contributed by atoms with Crippen molar-refractivity contribution < 1.29 is 23.9 Å². The Morgan fingerprint density at radius 1 is 0.788 bits per heavy atom. The summed E-state index contributed by atoms with van der Waals surface area (Å²) >= 11 is 13.8. The van der Waals surface area contributed by atoms with Gasteiger partial charge in [0.25, 0.3) is 5.91 Å². The van der Waals surface area contributed by atoms with E-state index in [1.54, 1.807) is 48.5 Å². The number of hydrogen-bond donors (Lipinski definition) is 7. The first kappa shape index (κ1) is 39.9. The first-order valence-electron chi connectivity index (χ1n) is 16.6. The van der Waals surface area contributed by atoms with Gasteiger partial charge in [0, 0.05) is 26.9 Å². The molecule has 52 heavy (non-hydrogen) atoms. The van der Waals surface area contributed by atoms with Crippen molar-refractivity contribution in [3.8, 4) is 5.75 Å². The van der Waals surface area contributed by atoms with Crippen LogP contribution in [0.25, 0.3) is 10.1 Å². The van der Waals surface area contributed by atoms with Crippen LogP contribution in [0.15, 0.2) is 77.8 Å². The predicted octanol–water partition coefficient (Wildman–Crippen LogP) is 3.90. The van der Waals surface area contributed by atoms with Crippen LogP contribution in [0.3, 0.4) is 0 Å². The van der Waals surface area contributed by atoms with Gasteiger partial charge in [0.15, 0.2) is 5.96 Å². The molecule has 276 valence electrons. The number of carbonyl (C=O) groups excluding carboxylic acids is 4. The van der Waals surface area contributed by atoms with Gasteiger partial charge in [-0.1, -0.05) is 59.6 Å². The second-order valence-electron chi connectivity index (χ2n) is 11.9. The largest absolute Gasteiger partial charge is 0.489 e. The van der Waals surface area contributed by atoms with Crippen LogP contribution in [0, 0.1) is 0 Å². The predicted molar refractivity (Wildman–Crippen MR) is 205 cm³/mol. The summed E-state index contributed by atoms with van der Waals surface area (Å²) in [5.41, 5.74) is 23.3. The minimum Gasteiger partial charge on any atom is -0.489 e. The van der Waals surface area contributed by atoms with Gasteiger partial charge in [-0.15, -0.1) is 11.3 Å². The summed E-state index contributed by atoms with van der Waals surface area (Å²) in [5, 5.41) is 10.1. The minimum atomic E-state index is -1.23. The summed E-state index contributed by atoms with van der Waals surface area (Å²) in [7, 11) is 0. The Labute approximate surface area is 315 Å². The molecule has 4 rings (SSSR count). The second kappa shape index (κ2) is 19.6. The molecule has 0 saturated heterocycles. The summed E-state index contributed by atoms with van der Waals surface area (Å²) in [6.07, 6.45) is 1.84. The van der Waals surface area contributed by atoms with Crippen molar-refractivity contribution in [3.05, 3.63) is 98.8 Å². The second-order valence-corrected chi connectivity index (χ2v) is 13.8. The molecule has 3 atom stereocenters. The number of nitrogens with one attached hydrogen (secondary N) is 3. The Hall–Kier alpha value is -4.89. The SMILES string of the molecule is NCCCC[C@H](NC(=O)[C@H](CCCN=C(N)N)NC(=O)c1cc2ccccc2s1)C(=O)N[C@@H](C(N)=O)c1ccc(OCc2c(Cl)cccc2Cl)cc1. The first-order valence-corrected chi connectivity index (χ1v) is 18.1. The summed E-state index contributed by atoms with van der Waals surface area (Å²) in [5.74, 6) is -2.13. The Morgan fingerprint density at radius 2 is 1.44 bits per heavy atom. The van der Waals surface area contributed by atoms with Crippen LogP contribution >= 0.6 is 34.5 Å². The van der Waals surface area contributed by atoms with Gasteiger partial charge in [0.1, 0.15) is 30.5 Å². The fraction of sp³-hybridized carbons (Fsp3) is 0.306. The molecule has 13 nitrogen and oxygen atoms in total. The average Bonchev–Trinajstić information content (AvgIpc) is 3.56. The number of amides is 4. The molecule has 3 aromatic carbocycles. The zero-order valence-corrected chi connectivity index (χ0v) is 30.6. The lowest BCUT2D eigenvalue weighted by molar-refractivity contribution is -0.132. The molecule has 0 saturated carbocycles. The van der Waals surface area contributed by atoms with Gasteiger partial charge in [0.05, 0.1) is 4.88 Å². The average molecular weight is 770 g/mol. The van der Waals surface area contributed by atoms with Gasteiger partial charge >= 0.3 is 0 Å². The highest BCUT2D eigenvalue weighted by Crippen LogP contribution is 2.27. The van der Waals surface area contributed by atoms with Crippen LogP contribution in [0.5, 0.6) is 5.75 Å². The van der Waals surface area contributed by atoms with Crippen molar-refractivity contribution in [3.63, 3.8) is 0 Å². The summed E-state index contributed by atoms with van der Waals surface area (Å²) in [6, 6.07) is 17.5. The van der Waals surface area contributed by atoms with E-state index in [1.165, 1.54) is 11.3 Å². The molecule has 0 unspecified atom stereocenters. The number of nitrogens with zero attached hydrogens (tertiary/aromatic N) is 1.